The molecule has 0 bridgehead atoms. The van der Waals surface area contributed by atoms with E-state index in [4.69, 9.17) is 32.7 Å². The molecule has 3 heterocycles. The zero-order valence-electron chi connectivity index (χ0n) is 26.4. The van der Waals surface area contributed by atoms with Crippen molar-refractivity contribution in [3.8, 4) is 0 Å². The summed E-state index contributed by atoms with van der Waals surface area (Å²) < 4.78 is 49.6. The van der Waals surface area contributed by atoms with Crippen LogP contribution in [-0.4, -0.2) is 175 Å². The lowest BCUT2D eigenvalue weighted by atomic mass is 9.96. The number of aliphatic hydroxyl groups is 10. The molecule has 3 aliphatic heterocycles. The molecule has 0 amide bonds. The largest absolute Gasteiger partial charge is 0.474 e. The van der Waals surface area contributed by atoms with Crippen molar-refractivity contribution in [1.29, 1.82) is 0 Å². The number of ether oxygens (including phenoxy) is 5. The number of hydrogen-bond donors (Lipinski definition) is 11. The Kier molecular flexibility index (Phi) is 17.1. The van der Waals surface area contributed by atoms with Crippen molar-refractivity contribution >= 4 is 7.82 Å². The van der Waals surface area contributed by atoms with Crippen molar-refractivity contribution < 1.29 is 93.3 Å². The fraction of sp³-hybridized carbons (Fsp3) is 0.929. The van der Waals surface area contributed by atoms with Gasteiger partial charge in [0.15, 0.2) is 18.9 Å². The highest BCUT2D eigenvalue weighted by Crippen LogP contribution is 2.47. The maximum Gasteiger partial charge on any atom is 0.474 e. The lowest BCUT2D eigenvalue weighted by Crippen LogP contribution is -2.66. The Morgan fingerprint density at radius 1 is 0.583 bits per heavy atom. The molecule has 0 aliphatic carbocycles. The predicted molar refractivity (Wildman–Crippen MR) is 158 cm³/mol. The van der Waals surface area contributed by atoms with Crippen molar-refractivity contribution in [2.24, 2.45) is 0 Å². The molecule has 1 unspecified atom stereocenters. The number of aliphatic hydroxyl groups excluding tert-OH is 10. The SMILES string of the molecule is C=CCCCCCCCCOP(=O)(O)O[C@H]1O[C@H](CO)[C@@H](O[C@@H]2O[C@H](CO)[C@H](O)[C@H](O[C@@H]3O[C@H](CO)[C@@H](O)[C@H](O)[C@H]3O)[C@H]2O)[C@H](O)[C@@H]1O. The molecule has 11 N–H and O–H groups in total. The van der Waals surface area contributed by atoms with Gasteiger partial charge in [-0.2, -0.15) is 0 Å². The molecular weight excluding hydrogens is 671 g/mol. The highest BCUT2D eigenvalue weighted by Gasteiger charge is 2.54. The molecule has 3 saturated heterocycles. The Hall–Kier alpha value is -0.750. The first-order chi connectivity index (χ1) is 22.8. The molecule has 0 radical (unpaired) electrons. The maximum atomic E-state index is 12.5. The smallest absolute Gasteiger partial charge is 0.394 e. The molecule has 0 aromatic rings. The summed E-state index contributed by atoms with van der Waals surface area (Å²) >= 11 is 0. The number of phosphoric ester groups is 1. The van der Waals surface area contributed by atoms with Gasteiger partial charge in [0.2, 0.25) is 0 Å². The minimum absolute atomic E-state index is 0.137. The quantitative estimate of drug-likeness (QED) is 0.0350. The van der Waals surface area contributed by atoms with E-state index in [0.29, 0.717) is 6.42 Å². The monoisotopic (exact) mass is 722 g/mol. The van der Waals surface area contributed by atoms with Gasteiger partial charge < -0.3 is 79.6 Å². The summed E-state index contributed by atoms with van der Waals surface area (Å²) in [6, 6.07) is 0. The zero-order chi connectivity index (χ0) is 35.6. The van der Waals surface area contributed by atoms with Crippen LogP contribution in [0.15, 0.2) is 12.7 Å². The molecule has 3 aliphatic rings. The summed E-state index contributed by atoms with van der Waals surface area (Å²) in [5.74, 6) is 0. The van der Waals surface area contributed by atoms with E-state index in [1.54, 1.807) is 0 Å². The average Bonchev–Trinajstić information content (AvgIpc) is 3.06. The number of hydrogen-bond acceptors (Lipinski definition) is 18. The molecule has 20 heteroatoms. The zero-order valence-corrected chi connectivity index (χ0v) is 27.2. The Bertz CT molecular complexity index is 990. The Balaban J connectivity index is 1.60. The second-order valence-electron chi connectivity index (χ2n) is 11.9. The second-order valence-corrected chi connectivity index (χ2v) is 13.3. The minimum Gasteiger partial charge on any atom is -0.394 e. The lowest BCUT2D eigenvalue weighted by molar-refractivity contribution is -0.378. The molecule has 0 saturated carbocycles. The fourth-order valence-electron chi connectivity index (χ4n) is 5.56. The normalized spacial score (nSPS) is 41.9. The summed E-state index contributed by atoms with van der Waals surface area (Å²) in [7, 11) is -4.81. The minimum atomic E-state index is -4.81. The highest BCUT2D eigenvalue weighted by atomic mass is 31.2. The summed E-state index contributed by atoms with van der Waals surface area (Å²) in [5, 5.41) is 103. The third-order valence-corrected chi connectivity index (χ3v) is 9.35. The predicted octanol–water partition coefficient (Wildman–Crippen LogP) is -3.51. The van der Waals surface area contributed by atoms with Gasteiger partial charge in [0.05, 0.1) is 26.4 Å². The fourth-order valence-corrected chi connectivity index (χ4v) is 6.42. The van der Waals surface area contributed by atoms with E-state index < -0.39 is 120 Å². The van der Waals surface area contributed by atoms with Gasteiger partial charge in [-0.15, -0.1) is 6.58 Å². The number of unbranched alkanes of at least 4 members (excludes halogenated alkanes) is 6. The van der Waals surface area contributed by atoms with E-state index in [-0.39, 0.29) is 6.61 Å². The van der Waals surface area contributed by atoms with Gasteiger partial charge in [-0.1, -0.05) is 31.8 Å². The van der Waals surface area contributed by atoms with Crippen LogP contribution < -0.4 is 0 Å². The number of allylic oxidation sites excluding steroid dienone is 1. The first kappa shape index (κ1) is 41.7. The van der Waals surface area contributed by atoms with Crippen LogP contribution in [0.2, 0.25) is 0 Å². The summed E-state index contributed by atoms with van der Waals surface area (Å²) in [6.07, 6.45) is -19.0. The van der Waals surface area contributed by atoms with Crippen LogP contribution in [0.4, 0.5) is 0 Å². The highest BCUT2D eigenvalue weighted by molar-refractivity contribution is 7.47. The molecule has 0 aromatic carbocycles. The van der Waals surface area contributed by atoms with Crippen molar-refractivity contribution in [1.82, 2.24) is 0 Å². The van der Waals surface area contributed by atoms with E-state index in [1.807, 2.05) is 6.08 Å². The van der Waals surface area contributed by atoms with Gasteiger partial charge in [-0.3, -0.25) is 9.05 Å². The number of phosphoric acid groups is 1. The van der Waals surface area contributed by atoms with Gasteiger partial charge in [0, 0.05) is 0 Å². The van der Waals surface area contributed by atoms with Crippen molar-refractivity contribution in [2.45, 2.75) is 137 Å². The van der Waals surface area contributed by atoms with E-state index in [0.717, 1.165) is 38.5 Å². The van der Waals surface area contributed by atoms with E-state index in [9.17, 15) is 60.5 Å². The van der Waals surface area contributed by atoms with Crippen LogP contribution in [0.5, 0.6) is 0 Å². The van der Waals surface area contributed by atoms with Crippen molar-refractivity contribution in [2.75, 3.05) is 26.4 Å². The van der Waals surface area contributed by atoms with Crippen LogP contribution in [0, 0.1) is 0 Å². The third kappa shape index (κ3) is 10.9. The lowest BCUT2D eigenvalue weighted by Gasteiger charge is -2.48. The van der Waals surface area contributed by atoms with E-state index >= 15 is 0 Å². The Labute approximate surface area is 277 Å². The maximum absolute atomic E-state index is 12.5. The van der Waals surface area contributed by atoms with Crippen LogP contribution in [0.3, 0.4) is 0 Å². The molecule has 0 aromatic heterocycles. The number of rotatable bonds is 19. The van der Waals surface area contributed by atoms with Gasteiger partial charge >= 0.3 is 7.82 Å². The molecular formula is C28H51O19P. The topological polar surface area (TPSA) is 304 Å². The van der Waals surface area contributed by atoms with Crippen LogP contribution in [0.1, 0.15) is 44.9 Å². The van der Waals surface area contributed by atoms with Crippen LogP contribution >= 0.6 is 7.82 Å². The Morgan fingerprint density at radius 3 is 1.69 bits per heavy atom. The van der Waals surface area contributed by atoms with E-state index in [1.165, 1.54) is 0 Å². The van der Waals surface area contributed by atoms with Crippen LogP contribution in [0.25, 0.3) is 0 Å². The van der Waals surface area contributed by atoms with Crippen LogP contribution in [-0.2, 0) is 37.3 Å². The van der Waals surface area contributed by atoms with Gasteiger partial charge in [0.1, 0.15) is 73.2 Å². The molecule has 3 fully saturated rings. The third-order valence-electron chi connectivity index (χ3n) is 8.37. The van der Waals surface area contributed by atoms with Crippen molar-refractivity contribution in [3.05, 3.63) is 12.7 Å². The van der Waals surface area contributed by atoms with E-state index in [2.05, 4.69) is 6.58 Å². The summed E-state index contributed by atoms with van der Waals surface area (Å²) in [4.78, 5) is 10.2. The molecule has 48 heavy (non-hydrogen) atoms. The summed E-state index contributed by atoms with van der Waals surface area (Å²) in [5.41, 5.74) is 0. The first-order valence-electron chi connectivity index (χ1n) is 15.9. The molecule has 0 spiro atoms. The van der Waals surface area contributed by atoms with Crippen molar-refractivity contribution in [3.63, 3.8) is 0 Å². The van der Waals surface area contributed by atoms with Gasteiger partial charge in [0.25, 0.3) is 0 Å². The standard InChI is InChI=1S/C28H51O19P/c1-2-3-4-5-6-7-8-9-10-41-48(39,40)47-28-22(37)20(35)24(16(13-31)44-28)45-27-23(38)25(18(33)15(12-30)43-27)46-26-21(36)19(34)17(32)14(11-29)42-26/h2,14-38H,1,3-13H2,(H,39,40)/t14-,15-,16-,17-,18+,19+,20-,21-,22+,23-,24-,25+,26+,27+,28-/m1/s1. The Morgan fingerprint density at radius 2 is 1.08 bits per heavy atom. The van der Waals surface area contributed by atoms with Gasteiger partial charge in [-0.25, -0.2) is 4.57 Å². The second kappa shape index (κ2) is 19.7. The molecule has 3 rings (SSSR count). The average molecular weight is 723 g/mol. The molecule has 16 atom stereocenters. The molecule has 19 nitrogen and oxygen atoms in total. The molecule has 282 valence electrons. The first-order valence-corrected chi connectivity index (χ1v) is 17.4. The van der Waals surface area contributed by atoms with Gasteiger partial charge in [-0.05, 0) is 19.3 Å². The summed E-state index contributed by atoms with van der Waals surface area (Å²) in [6.45, 7) is 0.971.